The van der Waals surface area contributed by atoms with Crippen molar-refractivity contribution in [2.24, 2.45) is 5.10 Å². The molecule has 29 heavy (non-hydrogen) atoms. The quantitative estimate of drug-likeness (QED) is 0.388. The fourth-order valence-corrected chi connectivity index (χ4v) is 2.82. The summed E-state index contributed by atoms with van der Waals surface area (Å²) in [6, 6.07) is 25.4. The summed E-state index contributed by atoms with van der Waals surface area (Å²) in [5, 5.41) is 10.7. The Bertz CT molecular complexity index is 1130. The molecule has 142 valence electrons. The molecule has 0 spiro atoms. The van der Waals surface area contributed by atoms with Gasteiger partial charge in [0.1, 0.15) is 11.5 Å². The van der Waals surface area contributed by atoms with Crippen LogP contribution in [0, 0.1) is 5.82 Å². The third kappa shape index (κ3) is 4.44. The zero-order valence-electron chi connectivity index (χ0n) is 15.3. The molecule has 5 nitrogen and oxygen atoms in total. The van der Waals surface area contributed by atoms with Crippen molar-refractivity contribution in [1.82, 2.24) is 15.6 Å². The lowest BCUT2D eigenvalue weighted by molar-refractivity contribution is 0.0950. The molecule has 0 saturated carbocycles. The largest absolute Gasteiger partial charge is 0.289 e. The Labute approximate surface area is 166 Å². The van der Waals surface area contributed by atoms with E-state index in [1.807, 2.05) is 54.6 Å². The standard InChI is InChI=1S/C23H17FN4O/c24-20-12-10-19(11-13-20)21-14-22(27-26-21)23(29)28-25-15-16-6-8-18(9-7-16)17-4-2-1-3-5-17/h1-15H,(H,26,27)(H,28,29). The number of H-pyrrole nitrogens is 1. The molecule has 0 saturated heterocycles. The van der Waals surface area contributed by atoms with Crippen LogP contribution < -0.4 is 5.43 Å². The second kappa shape index (κ2) is 8.31. The Balaban J connectivity index is 1.38. The van der Waals surface area contributed by atoms with Crippen molar-refractivity contribution in [3.8, 4) is 22.4 Å². The molecule has 4 rings (SSSR count). The number of hydrazone groups is 1. The highest BCUT2D eigenvalue weighted by Crippen LogP contribution is 2.19. The first-order chi connectivity index (χ1) is 14.2. The number of benzene rings is 3. The molecule has 1 aromatic heterocycles. The van der Waals surface area contributed by atoms with E-state index in [-0.39, 0.29) is 11.5 Å². The van der Waals surface area contributed by atoms with Gasteiger partial charge in [0.25, 0.3) is 5.91 Å². The first-order valence-electron chi connectivity index (χ1n) is 8.99. The van der Waals surface area contributed by atoms with Crippen molar-refractivity contribution in [3.05, 3.63) is 102 Å². The zero-order chi connectivity index (χ0) is 20.1. The van der Waals surface area contributed by atoms with Gasteiger partial charge >= 0.3 is 0 Å². The van der Waals surface area contributed by atoms with E-state index in [9.17, 15) is 9.18 Å². The highest BCUT2D eigenvalue weighted by molar-refractivity contribution is 5.94. The molecule has 6 heteroatoms. The lowest BCUT2D eigenvalue weighted by atomic mass is 10.0. The van der Waals surface area contributed by atoms with Gasteiger partial charge in [-0.15, -0.1) is 0 Å². The van der Waals surface area contributed by atoms with Crippen LogP contribution in [0.3, 0.4) is 0 Å². The second-order valence-electron chi connectivity index (χ2n) is 6.36. The normalized spacial score (nSPS) is 10.9. The van der Waals surface area contributed by atoms with Crippen LogP contribution in [0.15, 0.2) is 90.0 Å². The van der Waals surface area contributed by atoms with Crippen molar-refractivity contribution in [3.63, 3.8) is 0 Å². The Morgan fingerprint density at radius 1 is 0.897 bits per heavy atom. The second-order valence-corrected chi connectivity index (χ2v) is 6.36. The first kappa shape index (κ1) is 18.3. The summed E-state index contributed by atoms with van der Waals surface area (Å²) in [6.07, 6.45) is 1.57. The minimum absolute atomic E-state index is 0.265. The van der Waals surface area contributed by atoms with Gasteiger partial charge in [0.05, 0.1) is 11.9 Å². The number of rotatable bonds is 5. The number of nitrogens with zero attached hydrogens (tertiary/aromatic N) is 2. The van der Waals surface area contributed by atoms with E-state index in [1.54, 1.807) is 24.4 Å². The highest BCUT2D eigenvalue weighted by atomic mass is 19.1. The summed E-state index contributed by atoms with van der Waals surface area (Å²) in [7, 11) is 0. The van der Waals surface area contributed by atoms with Gasteiger partial charge in [0.2, 0.25) is 0 Å². The zero-order valence-corrected chi connectivity index (χ0v) is 15.3. The summed E-state index contributed by atoms with van der Waals surface area (Å²) in [6.45, 7) is 0. The number of hydrogen-bond donors (Lipinski definition) is 2. The van der Waals surface area contributed by atoms with E-state index in [1.165, 1.54) is 12.1 Å². The smallest absolute Gasteiger partial charge is 0.272 e. The predicted octanol–water partition coefficient (Wildman–Crippen LogP) is 4.65. The topological polar surface area (TPSA) is 70.1 Å². The van der Waals surface area contributed by atoms with E-state index >= 15 is 0 Å². The van der Waals surface area contributed by atoms with E-state index in [2.05, 4.69) is 20.7 Å². The third-order valence-electron chi connectivity index (χ3n) is 4.36. The molecular weight excluding hydrogens is 367 g/mol. The van der Waals surface area contributed by atoms with Crippen LogP contribution in [0.25, 0.3) is 22.4 Å². The molecule has 0 aliphatic rings. The van der Waals surface area contributed by atoms with Crippen molar-refractivity contribution in [2.75, 3.05) is 0 Å². The van der Waals surface area contributed by atoms with Gasteiger partial charge in [-0.1, -0.05) is 54.6 Å². The van der Waals surface area contributed by atoms with Crippen LogP contribution in [0.2, 0.25) is 0 Å². The van der Waals surface area contributed by atoms with Crippen molar-refractivity contribution >= 4 is 12.1 Å². The lowest BCUT2D eigenvalue weighted by Gasteiger charge is -2.01. The Hall–Kier alpha value is -4.06. The SMILES string of the molecule is O=C(NN=Cc1ccc(-c2ccccc2)cc1)c1cc(-c2ccc(F)cc2)n[nH]1. The van der Waals surface area contributed by atoms with Crippen molar-refractivity contribution in [2.45, 2.75) is 0 Å². The number of halogens is 1. The average molecular weight is 384 g/mol. The molecule has 0 fully saturated rings. The van der Waals surface area contributed by atoms with Gasteiger partial charge < -0.3 is 0 Å². The van der Waals surface area contributed by atoms with Gasteiger partial charge in [-0.05, 0) is 47.0 Å². The Morgan fingerprint density at radius 3 is 2.28 bits per heavy atom. The number of carbonyl (C=O) groups is 1. The number of aromatic nitrogens is 2. The molecule has 2 N–H and O–H groups in total. The van der Waals surface area contributed by atoms with Gasteiger partial charge in [0.15, 0.2) is 0 Å². The lowest BCUT2D eigenvalue weighted by Crippen LogP contribution is -2.17. The first-order valence-corrected chi connectivity index (χ1v) is 8.99. The number of carbonyl (C=O) groups excluding carboxylic acids is 1. The molecule has 0 bridgehead atoms. The summed E-state index contributed by atoms with van der Waals surface area (Å²) in [5.74, 6) is -0.739. The molecule has 1 amide bonds. The number of hydrogen-bond acceptors (Lipinski definition) is 3. The average Bonchev–Trinajstić information content (AvgIpc) is 3.26. The van der Waals surface area contributed by atoms with Crippen LogP contribution in [0.5, 0.6) is 0 Å². The van der Waals surface area contributed by atoms with Gasteiger partial charge in [-0.25, -0.2) is 9.82 Å². The minimum Gasteiger partial charge on any atom is -0.272 e. The van der Waals surface area contributed by atoms with Crippen LogP contribution in [0.4, 0.5) is 4.39 Å². The fraction of sp³-hybridized carbons (Fsp3) is 0. The van der Waals surface area contributed by atoms with Crippen molar-refractivity contribution in [1.29, 1.82) is 0 Å². The fourth-order valence-electron chi connectivity index (χ4n) is 2.82. The summed E-state index contributed by atoms with van der Waals surface area (Å²) < 4.78 is 13.0. The molecule has 0 radical (unpaired) electrons. The summed E-state index contributed by atoms with van der Waals surface area (Å²) >= 11 is 0. The molecule has 0 atom stereocenters. The van der Waals surface area contributed by atoms with E-state index in [0.717, 1.165) is 16.7 Å². The van der Waals surface area contributed by atoms with Crippen LogP contribution in [0.1, 0.15) is 16.1 Å². The van der Waals surface area contributed by atoms with E-state index < -0.39 is 5.91 Å². The molecule has 1 heterocycles. The van der Waals surface area contributed by atoms with Gasteiger partial charge in [-0.3, -0.25) is 9.89 Å². The summed E-state index contributed by atoms with van der Waals surface area (Å²) in [4.78, 5) is 12.2. The van der Waals surface area contributed by atoms with E-state index in [4.69, 9.17) is 0 Å². The van der Waals surface area contributed by atoms with Crippen LogP contribution in [-0.2, 0) is 0 Å². The van der Waals surface area contributed by atoms with Crippen LogP contribution in [-0.4, -0.2) is 22.3 Å². The maximum absolute atomic E-state index is 13.0. The molecule has 0 unspecified atom stereocenters. The van der Waals surface area contributed by atoms with Crippen LogP contribution >= 0.6 is 0 Å². The Morgan fingerprint density at radius 2 is 1.55 bits per heavy atom. The Kier molecular flexibility index (Phi) is 5.25. The number of nitrogens with one attached hydrogen (secondary N) is 2. The molecule has 3 aromatic carbocycles. The predicted molar refractivity (Wildman–Crippen MR) is 111 cm³/mol. The minimum atomic E-state index is -0.414. The molecule has 0 aliphatic heterocycles. The highest BCUT2D eigenvalue weighted by Gasteiger charge is 2.10. The maximum Gasteiger partial charge on any atom is 0.289 e. The van der Waals surface area contributed by atoms with Gasteiger partial charge in [0, 0.05) is 5.56 Å². The van der Waals surface area contributed by atoms with Gasteiger partial charge in [-0.2, -0.15) is 10.2 Å². The van der Waals surface area contributed by atoms with Crippen molar-refractivity contribution < 1.29 is 9.18 Å². The monoisotopic (exact) mass is 384 g/mol. The maximum atomic E-state index is 13.0. The number of aromatic amines is 1. The van der Waals surface area contributed by atoms with E-state index in [0.29, 0.717) is 11.3 Å². The summed E-state index contributed by atoms with van der Waals surface area (Å²) in [5.41, 5.74) is 7.11. The number of amides is 1. The molecule has 4 aromatic rings. The molecular formula is C23H17FN4O. The molecule has 0 aliphatic carbocycles. The third-order valence-corrected chi connectivity index (χ3v) is 4.36.